The predicted molar refractivity (Wildman–Crippen MR) is 112 cm³/mol. The summed E-state index contributed by atoms with van der Waals surface area (Å²) in [7, 11) is 1.66. The maximum absolute atomic E-state index is 13.2. The molecule has 4 rings (SSSR count). The lowest BCUT2D eigenvalue weighted by Crippen LogP contribution is -2.63. The van der Waals surface area contributed by atoms with E-state index >= 15 is 0 Å². The Labute approximate surface area is 178 Å². The van der Waals surface area contributed by atoms with Crippen LogP contribution < -0.4 is 5.32 Å². The van der Waals surface area contributed by atoms with Crippen LogP contribution in [0.25, 0.3) is 0 Å². The number of nitrogens with one attached hydrogen (secondary N) is 1. The highest BCUT2D eigenvalue weighted by atomic mass is 16.2. The van der Waals surface area contributed by atoms with E-state index in [9.17, 15) is 14.4 Å². The standard InChI is InChI=1S/C22H33N5O3/c1-15-9-11-26(12-10-15)19(28)17-13-18-20(29)25(3)22(2,14-27(18)24-17)21(30)23-16-7-5-4-6-8-16/h13,15-16H,4-12,14H2,1-3H3,(H,23,30)/t22-/m1/s1. The van der Waals surface area contributed by atoms with Crippen LogP contribution in [0, 0.1) is 5.92 Å². The molecule has 0 aromatic carbocycles. The summed E-state index contributed by atoms with van der Waals surface area (Å²) in [6, 6.07) is 1.75. The Kier molecular flexibility index (Phi) is 5.59. The van der Waals surface area contributed by atoms with Gasteiger partial charge in [0.25, 0.3) is 11.8 Å². The largest absolute Gasteiger partial charge is 0.351 e. The highest BCUT2D eigenvalue weighted by molar-refractivity contribution is 6.01. The quantitative estimate of drug-likeness (QED) is 0.818. The number of rotatable bonds is 3. The molecule has 1 aromatic heterocycles. The number of likely N-dealkylation sites (tertiary alicyclic amines) is 1. The van der Waals surface area contributed by atoms with E-state index < -0.39 is 5.54 Å². The van der Waals surface area contributed by atoms with E-state index in [1.165, 1.54) is 11.3 Å². The third-order valence-electron chi connectivity index (χ3n) is 7.22. The fourth-order valence-corrected chi connectivity index (χ4v) is 4.79. The van der Waals surface area contributed by atoms with Crippen molar-refractivity contribution >= 4 is 17.7 Å². The number of likely N-dealkylation sites (N-methyl/N-ethyl adjacent to an activating group) is 1. The molecule has 0 bridgehead atoms. The number of fused-ring (bicyclic) bond motifs is 1. The molecule has 3 heterocycles. The van der Waals surface area contributed by atoms with Crippen LogP contribution in [0.3, 0.4) is 0 Å². The van der Waals surface area contributed by atoms with Gasteiger partial charge in [0.15, 0.2) is 5.69 Å². The fourth-order valence-electron chi connectivity index (χ4n) is 4.79. The van der Waals surface area contributed by atoms with E-state index in [4.69, 9.17) is 0 Å². The number of piperidine rings is 1. The van der Waals surface area contributed by atoms with Crippen LogP contribution in [0.15, 0.2) is 6.07 Å². The van der Waals surface area contributed by atoms with Crippen LogP contribution in [0.5, 0.6) is 0 Å². The minimum absolute atomic E-state index is 0.132. The molecule has 164 valence electrons. The van der Waals surface area contributed by atoms with Gasteiger partial charge in [-0.15, -0.1) is 0 Å². The Balaban J connectivity index is 1.52. The van der Waals surface area contributed by atoms with Crippen LogP contribution in [-0.4, -0.2) is 69.0 Å². The summed E-state index contributed by atoms with van der Waals surface area (Å²) in [5, 5.41) is 7.60. The van der Waals surface area contributed by atoms with Crippen molar-refractivity contribution < 1.29 is 14.4 Å². The van der Waals surface area contributed by atoms with E-state index in [-0.39, 0.29) is 30.3 Å². The van der Waals surface area contributed by atoms with Crippen molar-refractivity contribution in [1.82, 2.24) is 24.9 Å². The summed E-state index contributed by atoms with van der Waals surface area (Å²) in [6.07, 6.45) is 7.41. The van der Waals surface area contributed by atoms with Gasteiger partial charge in [-0.05, 0) is 38.5 Å². The molecule has 3 amide bonds. The monoisotopic (exact) mass is 415 g/mol. The van der Waals surface area contributed by atoms with Crippen molar-refractivity contribution in [2.24, 2.45) is 5.92 Å². The molecule has 8 nitrogen and oxygen atoms in total. The van der Waals surface area contributed by atoms with Gasteiger partial charge in [-0.25, -0.2) is 0 Å². The molecular formula is C22H33N5O3. The van der Waals surface area contributed by atoms with Crippen LogP contribution in [-0.2, 0) is 11.3 Å². The van der Waals surface area contributed by atoms with Crippen molar-refractivity contribution in [3.63, 3.8) is 0 Å². The van der Waals surface area contributed by atoms with E-state index in [1.807, 2.05) is 4.90 Å². The van der Waals surface area contributed by atoms with Gasteiger partial charge in [-0.1, -0.05) is 26.2 Å². The summed E-state index contributed by atoms with van der Waals surface area (Å²) < 4.78 is 1.54. The second-order valence-electron chi connectivity index (χ2n) is 9.49. The summed E-state index contributed by atoms with van der Waals surface area (Å²) in [5.74, 6) is 0.0705. The summed E-state index contributed by atoms with van der Waals surface area (Å²) >= 11 is 0. The van der Waals surface area contributed by atoms with Gasteiger partial charge in [0.2, 0.25) is 5.91 Å². The first kappa shape index (κ1) is 20.9. The molecule has 1 atom stereocenters. The Bertz CT molecular complexity index is 836. The van der Waals surface area contributed by atoms with Gasteiger partial charge in [0.1, 0.15) is 11.2 Å². The van der Waals surface area contributed by atoms with Gasteiger partial charge in [0, 0.05) is 32.2 Å². The number of hydrogen-bond acceptors (Lipinski definition) is 4. The zero-order valence-electron chi connectivity index (χ0n) is 18.3. The van der Waals surface area contributed by atoms with Crippen molar-refractivity contribution in [2.45, 2.75) is 76.9 Å². The average Bonchev–Trinajstić information content (AvgIpc) is 3.16. The smallest absolute Gasteiger partial charge is 0.274 e. The van der Waals surface area contributed by atoms with Crippen molar-refractivity contribution in [1.29, 1.82) is 0 Å². The SMILES string of the molecule is CC1CCN(C(=O)c2cc3n(n2)C[C@](C)(C(=O)NC2CCCCC2)N(C)C3=O)CC1. The number of carbonyl (C=O) groups is 3. The highest BCUT2D eigenvalue weighted by Gasteiger charge is 2.47. The summed E-state index contributed by atoms with van der Waals surface area (Å²) in [4.78, 5) is 42.4. The second-order valence-corrected chi connectivity index (χ2v) is 9.49. The average molecular weight is 416 g/mol. The Morgan fingerprint density at radius 3 is 2.47 bits per heavy atom. The maximum atomic E-state index is 13.2. The van der Waals surface area contributed by atoms with E-state index in [0.717, 1.165) is 51.6 Å². The van der Waals surface area contributed by atoms with E-state index in [2.05, 4.69) is 17.3 Å². The molecule has 3 aliphatic rings. The summed E-state index contributed by atoms with van der Waals surface area (Å²) in [5.41, 5.74) is -0.374. The van der Waals surface area contributed by atoms with Gasteiger partial charge < -0.3 is 15.1 Å². The predicted octanol–water partition coefficient (Wildman–Crippen LogP) is 2.05. The number of nitrogens with zero attached hydrogens (tertiary/aromatic N) is 4. The fraction of sp³-hybridized carbons (Fsp3) is 0.727. The second kappa shape index (κ2) is 8.04. The molecule has 30 heavy (non-hydrogen) atoms. The Morgan fingerprint density at radius 2 is 1.80 bits per heavy atom. The van der Waals surface area contributed by atoms with Crippen LogP contribution in [0.1, 0.15) is 79.8 Å². The normalized spacial score (nSPS) is 25.9. The van der Waals surface area contributed by atoms with Gasteiger partial charge in [0.05, 0.1) is 6.54 Å². The van der Waals surface area contributed by atoms with Crippen molar-refractivity contribution in [3.05, 3.63) is 17.5 Å². The minimum atomic E-state index is -1.03. The molecule has 1 aromatic rings. The van der Waals surface area contributed by atoms with Gasteiger partial charge >= 0.3 is 0 Å². The molecule has 1 N–H and O–H groups in total. The molecule has 0 spiro atoms. The first-order valence-corrected chi connectivity index (χ1v) is 11.3. The molecule has 1 saturated carbocycles. The Hall–Kier alpha value is -2.38. The molecule has 1 aliphatic carbocycles. The molecule has 2 aliphatic heterocycles. The number of aromatic nitrogens is 2. The third kappa shape index (κ3) is 3.72. The molecule has 0 radical (unpaired) electrons. The van der Waals surface area contributed by atoms with Gasteiger partial charge in [-0.2, -0.15) is 5.10 Å². The first-order chi connectivity index (χ1) is 14.3. The molecule has 1 saturated heterocycles. The first-order valence-electron chi connectivity index (χ1n) is 11.3. The van der Waals surface area contributed by atoms with Crippen LogP contribution >= 0.6 is 0 Å². The molecule has 0 unspecified atom stereocenters. The molecular weight excluding hydrogens is 382 g/mol. The zero-order valence-corrected chi connectivity index (χ0v) is 18.3. The summed E-state index contributed by atoms with van der Waals surface area (Å²) in [6.45, 7) is 5.66. The van der Waals surface area contributed by atoms with Crippen LogP contribution in [0.4, 0.5) is 0 Å². The lowest BCUT2D eigenvalue weighted by atomic mass is 9.92. The zero-order chi connectivity index (χ0) is 21.5. The van der Waals surface area contributed by atoms with Crippen LogP contribution in [0.2, 0.25) is 0 Å². The number of amides is 3. The lowest BCUT2D eigenvalue weighted by Gasteiger charge is -2.41. The van der Waals surface area contributed by atoms with Crippen molar-refractivity contribution in [2.75, 3.05) is 20.1 Å². The van der Waals surface area contributed by atoms with Crippen molar-refractivity contribution in [3.8, 4) is 0 Å². The lowest BCUT2D eigenvalue weighted by molar-refractivity contribution is -0.133. The molecule has 8 heteroatoms. The third-order valence-corrected chi connectivity index (χ3v) is 7.22. The topological polar surface area (TPSA) is 87.5 Å². The highest BCUT2D eigenvalue weighted by Crippen LogP contribution is 2.28. The number of hydrogen-bond donors (Lipinski definition) is 1. The number of carbonyl (C=O) groups excluding carboxylic acids is 3. The van der Waals surface area contributed by atoms with Gasteiger partial charge in [-0.3, -0.25) is 19.1 Å². The van der Waals surface area contributed by atoms with E-state index in [0.29, 0.717) is 17.3 Å². The molecule has 2 fully saturated rings. The minimum Gasteiger partial charge on any atom is -0.351 e. The van der Waals surface area contributed by atoms with E-state index in [1.54, 1.807) is 24.7 Å². The maximum Gasteiger partial charge on any atom is 0.274 e. The Morgan fingerprint density at radius 1 is 1.13 bits per heavy atom.